The van der Waals surface area contributed by atoms with Crippen molar-refractivity contribution >= 4 is 25.1 Å². The van der Waals surface area contributed by atoms with Crippen LogP contribution in [0.3, 0.4) is 0 Å². The van der Waals surface area contributed by atoms with E-state index in [9.17, 15) is 14.6 Å². The molecule has 4 atom stereocenters. The fraction of sp³-hybridized carbons (Fsp3) is 0.481. The van der Waals surface area contributed by atoms with E-state index in [0.717, 1.165) is 0 Å². The number of fused-ring (bicyclic) bond motifs is 1. The molecule has 0 saturated carbocycles. The van der Waals surface area contributed by atoms with Crippen LogP contribution in [0.2, 0.25) is 0 Å². The van der Waals surface area contributed by atoms with Gasteiger partial charge in [-0.25, -0.2) is 14.1 Å². The standard InChI is InChI=1S/C27H35N6O8P/c1-18(2)39-26(34)19(3)32-42(35,41-21-7-5-20(6-8-21)37-14-13-36-4)38-16-27(15-28)12-11-24(40-27)22-9-10-23-25(29)30-17-31-33(22)23/h5-10,17-19,24H,11-14,16H2,1-4H3,(H,32,35)(H2,29,30,31)/t19-,24+,27+,42?/m0/s1. The number of hydrogen-bond donors (Lipinski definition) is 2. The van der Waals surface area contributed by atoms with Crippen molar-refractivity contribution in [2.75, 3.05) is 32.7 Å². The van der Waals surface area contributed by atoms with Gasteiger partial charge in [0.25, 0.3) is 0 Å². The molecule has 1 aromatic carbocycles. The lowest BCUT2D eigenvalue weighted by molar-refractivity contribution is -0.149. The topological polar surface area (TPSA) is 182 Å². The normalized spacial score (nSPS) is 20.6. The van der Waals surface area contributed by atoms with E-state index in [2.05, 4.69) is 21.2 Å². The highest BCUT2D eigenvalue weighted by molar-refractivity contribution is 7.52. The van der Waals surface area contributed by atoms with E-state index in [4.69, 9.17) is 33.7 Å². The van der Waals surface area contributed by atoms with Crippen LogP contribution >= 0.6 is 7.75 Å². The Morgan fingerprint density at radius 2 is 1.98 bits per heavy atom. The van der Waals surface area contributed by atoms with Crippen molar-refractivity contribution in [3.63, 3.8) is 0 Å². The van der Waals surface area contributed by atoms with Crippen molar-refractivity contribution < 1.29 is 37.4 Å². The first-order valence-corrected chi connectivity index (χ1v) is 14.9. The average molecular weight is 603 g/mol. The van der Waals surface area contributed by atoms with E-state index in [-0.39, 0.29) is 18.3 Å². The zero-order valence-electron chi connectivity index (χ0n) is 23.9. The van der Waals surface area contributed by atoms with Crippen LogP contribution in [0.1, 0.15) is 45.4 Å². The number of rotatable bonds is 14. The number of nitriles is 1. The molecule has 0 spiro atoms. The lowest BCUT2D eigenvalue weighted by atomic mass is 10.0. The van der Waals surface area contributed by atoms with Crippen LogP contribution in [-0.4, -0.2) is 65.2 Å². The molecule has 1 saturated heterocycles. The average Bonchev–Trinajstić information content (AvgIpc) is 3.58. The molecule has 1 fully saturated rings. The Balaban J connectivity index is 1.50. The second kappa shape index (κ2) is 13.5. The first-order chi connectivity index (χ1) is 20.1. The van der Waals surface area contributed by atoms with Gasteiger partial charge in [-0.15, -0.1) is 0 Å². The number of carbonyl (C=O) groups is 1. The Morgan fingerprint density at radius 3 is 2.67 bits per heavy atom. The highest BCUT2D eigenvalue weighted by atomic mass is 31.2. The zero-order valence-corrected chi connectivity index (χ0v) is 24.8. The van der Waals surface area contributed by atoms with Gasteiger partial charge in [0.1, 0.15) is 54.8 Å². The van der Waals surface area contributed by atoms with E-state index in [0.29, 0.717) is 42.4 Å². The molecule has 226 valence electrons. The summed E-state index contributed by atoms with van der Waals surface area (Å²) in [5.74, 6) is 0.402. The van der Waals surface area contributed by atoms with Crippen LogP contribution < -0.4 is 20.1 Å². The molecule has 1 aliphatic heterocycles. The van der Waals surface area contributed by atoms with E-state index in [1.807, 2.05) is 0 Å². The SMILES string of the molecule is COCCOc1ccc(OP(=O)(N[C@@H](C)C(=O)OC(C)C)OC[C@]2(C#N)CC[C@H](c3ccc4c(N)ncnn34)O2)cc1. The molecular weight excluding hydrogens is 567 g/mol. The largest absolute Gasteiger partial charge is 0.491 e. The summed E-state index contributed by atoms with van der Waals surface area (Å²) in [6, 6.07) is 11.0. The number of methoxy groups -OCH3 is 1. The maximum absolute atomic E-state index is 14.0. The lowest BCUT2D eigenvalue weighted by Gasteiger charge is -2.27. The van der Waals surface area contributed by atoms with Crippen molar-refractivity contribution in [2.45, 2.75) is 57.5 Å². The Bertz CT molecular complexity index is 1460. The molecule has 1 aliphatic rings. The predicted octanol–water partition coefficient (Wildman–Crippen LogP) is 3.58. The molecule has 3 heterocycles. The molecule has 1 unspecified atom stereocenters. The van der Waals surface area contributed by atoms with Gasteiger partial charge in [-0.1, -0.05) is 0 Å². The maximum atomic E-state index is 14.0. The number of nitrogens with zero attached hydrogens (tertiary/aromatic N) is 4. The molecule has 3 aromatic rings. The Kier molecular flexibility index (Phi) is 10.0. The lowest BCUT2D eigenvalue weighted by Crippen LogP contribution is -2.38. The summed E-state index contributed by atoms with van der Waals surface area (Å²) in [7, 11) is -2.68. The number of esters is 1. The molecule has 2 aromatic heterocycles. The smallest absolute Gasteiger partial charge is 0.459 e. The molecule has 0 aliphatic carbocycles. The second-order valence-corrected chi connectivity index (χ2v) is 11.7. The maximum Gasteiger partial charge on any atom is 0.459 e. The van der Waals surface area contributed by atoms with Gasteiger partial charge in [0, 0.05) is 7.11 Å². The number of nitrogens with one attached hydrogen (secondary N) is 1. The fourth-order valence-electron chi connectivity index (χ4n) is 4.28. The number of nitrogens with two attached hydrogens (primary N) is 1. The quantitative estimate of drug-likeness (QED) is 0.155. The molecule has 3 N–H and O–H groups in total. The summed E-state index contributed by atoms with van der Waals surface area (Å²) < 4.78 is 49.1. The van der Waals surface area contributed by atoms with Gasteiger partial charge in [-0.05, 0) is 70.0 Å². The van der Waals surface area contributed by atoms with Crippen LogP contribution in [0.15, 0.2) is 42.7 Å². The molecular formula is C27H35N6O8P. The predicted molar refractivity (Wildman–Crippen MR) is 151 cm³/mol. The van der Waals surface area contributed by atoms with E-state index >= 15 is 0 Å². The number of nitrogen functional groups attached to an aromatic ring is 1. The first kappa shape index (κ1) is 31.2. The minimum Gasteiger partial charge on any atom is -0.491 e. The van der Waals surface area contributed by atoms with Crippen molar-refractivity contribution in [3.05, 3.63) is 48.4 Å². The number of benzene rings is 1. The zero-order chi connectivity index (χ0) is 30.3. The summed E-state index contributed by atoms with van der Waals surface area (Å²) in [4.78, 5) is 16.5. The van der Waals surface area contributed by atoms with Gasteiger partial charge < -0.3 is 29.2 Å². The summed E-state index contributed by atoms with van der Waals surface area (Å²) in [5.41, 5.74) is 5.80. The number of anilines is 1. The first-order valence-electron chi connectivity index (χ1n) is 13.4. The molecule has 42 heavy (non-hydrogen) atoms. The van der Waals surface area contributed by atoms with Gasteiger partial charge in [-0.3, -0.25) is 9.32 Å². The summed E-state index contributed by atoms with van der Waals surface area (Å²) in [5, 5.41) is 17.0. The molecule has 0 amide bonds. The molecule has 15 heteroatoms. The van der Waals surface area contributed by atoms with Crippen molar-refractivity contribution in [1.29, 1.82) is 5.26 Å². The summed E-state index contributed by atoms with van der Waals surface area (Å²) >= 11 is 0. The molecule has 4 rings (SSSR count). The van der Waals surface area contributed by atoms with Gasteiger partial charge in [0.05, 0.1) is 18.4 Å². The van der Waals surface area contributed by atoms with Crippen LogP contribution in [0.25, 0.3) is 5.52 Å². The van der Waals surface area contributed by atoms with Crippen LogP contribution in [-0.2, 0) is 28.1 Å². The highest BCUT2D eigenvalue weighted by Gasteiger charge is 2.45. The third-order valence-corrected chi connectivity index (χ3v) is 7.98. The minimum atomic E-state index is -4.25. The van der Waals surface area contributed by atoms with Crippen molar-refractivity contribution in [1.82, 2.24) is 19.7 Å². The Morgan fingerprint density at radius 1 is 1.24 bits per heavy atom. The second-order valence-electron chi connectivity index (χ2n) is 9.96. The fourth-order valence-corrected chi connectivity index (χ4v) is 5.82. The summed E-state index contributed by atoms with van der Waals surface area (Å²) in [6.45, 7) is 5.24. The van der Waals surface area contributed by atoms with Gasteiger partial charge in [0.2, 0.25) is 0 Å². The molecule has 0 bridgehead atoms. The van der Waals surface area contributed by atoms with Crippen LogP contribution in [0.5, 0.6) is 11.5 Å². The van der Waals surface area contributed by atoms with Gasteiger partial charge in [-0.2, -0.15) is 15.4 Å². The number of hydrogen-bond acceptors (Lipinski definition) is 12. The van der Waals surface area contributed by atoms with E-state index < -0.39 is 38.1 Å². The van der Waals surface area contributed by atoms with E-state index in [1.165, 1.54) is 13.3 Å². The Hall–Kier alpha value is -3.73. The van der Waals surface area contributed by atoms with Gasteiger partial charge in [0.15, 0.2) is 11.4 Å². The number of ether oxygens (including phenoxy) is 4. The van der Waals surface area contributed by atoms with Crippen molar-refractivity contribution in [3.8, 4) is 17.6 Å². The summed E-state index contributed by atoms with van der Waals surface area (Å²) in [6.07, 6.45) is 1.19. The van der Waals surface area contributed by atoms with Crippen LogP contribution in [0.4, 0.5) is 5.82 Å². The third kappa shape index (κ3) is 7.56. The van der Waals surface area contributed by atoms with E-state index in [1.54, 1.807) is 61.9 Å². The van der Waals surface area contributed by atoms with Crippen LogP contribution in [0, 0.1) is 11.3 Å². The molecule has 0 radical (unpaired) electrons. The number of carbonyl (C=O) groups excluding carboxylic acids is 1. The third-order valence-electron chi connectivity index (χ3n) is 6.35. The van der Waals surface area contributed by atoms with Crippen molar-refractivity contribution in [2.24, 2.45) is 0 Å². The monoisotopic (exact) mass is 602 g/mol. The molecule has 14 nitrogen and oxygen atoms in total. The van der Waals surface area contributed by atoms with Gasteiger partial charge >= 0.3 is 13.7 Å². The highest BCUT2D eigenvalue weighted by Crippen LogP contribution is 2.48. The number of aromatic nitrogens is 3. The Labute approximate surface area is 243 Å². The minimum absolute atomic E-state index is 0.183.